The molecule has 0 saturated carbocycles. The van der Waals surface area contributed by atoms with Crippen molar-refractivity contribution in [1.29, 1.82) is 0 Å². The second-order valence-corrected chi connectivity index (χ2v) is 4.43. The monoisotopic (exact) mass is 294 g/mol. The molecule has 7 nitrogen and oxygen atoms in total. The second kappa shape index (κ2) is 5.55. The third kappa shape index (κ3) is 2.37. The molecule has 21 heavy (non-hydrogen) atoms. The SMILES string of the molecule is CC.O=C1CCC(F)(N2Cc3ccnnc3C2=O)C(=O)N1. The van der Waals surface area contributed by atoms with Crippen LogP contribution < -0.4 is 5.32 Å². The van der Waals surface area contributed by atoms with Gasteiger partial charge in [-0.25, -0.2) is 4.39 Å². The Balaban J connectivity index is 0.000000774. The van der Waals surface area contributed by atoms with Crippen molar-refractivity contribution in [2.45, 2.75) is 39.0 Å². The smallest absolute Gasteiger partial charge is 0.285 e. The lowest BCUT2D eigenvalue weighted by atomic mass is 10.0. The van der Waals surface area contributed by atoms with Gasteiger partial charge in [0.05, 0.1) is 6.54 Å². The fourth-order valence-corrected chi connectivity index (χ4v) is 2.26. The molecule has 3 rings (SSSR count). The number of amides is 3. The number of piperidine rings is 1. The number of nitrogens with one attached hydrogen (secondary N) is 1. The summed E-state index contributed by atoms with van der Waals surface area (Å²) >= 11 is 0. The van der Waals surface area contributed by atoms with Gasteiger partial charge in [0, 0.05) is 24.6 Å². The lowest BCUT2D eigenvalue weighted by Crippen LogP contribution is -2.60. The van der Waals surface area contributed by atoms with E-state index < -0.39 is 23.5 Å². The van der Waals surface area contributed by atoms with Crippen molar-refractivity contribution in [3.05, 3.63) is 23.5 Å². The molecule has 0 aromatic carbocycles. The van der Waals surface area contributed by atoms with E-state index in [4.69, 9.17) is 0 Å². The maximum absolute atomic E-state index is 14.8. The molecule has 1 saturated heterocycles. The lowest BCUT2D eigenvalue weighted by Gasteiger charge is -2.35. The number of nitrogens with zero attached hydrogens (tertiary/aromatic N) is 3. The number of imide groups is 1. The van der Waals surface area contributed by atoms with Crippen molar-refractivity contribution in [1.82, 2.24) is 20.4 Å². The van der Waals surface area contributed by atoms with Crippen LogP contribution in [0.3, 0.4) is 0 Å². The molecule has 2 aliphatic rings. The maximum atomic E-state index is 14.8. The Morgan fingerprint density at radius 1 is 1.33 bits per heavy atom. The van der Waals surface area contributed by atoms with Crippen LogP contribution in [0, 0.1) is 0 Å². The van der Waals surface area contributed by atoms with Crippen LogP contribution in [0.4, 0.5) is 4.39 Å². The molecule has 1 N–H and O–H groups in total. The largest absolute Gasteiger partial charge is 0.292 e. The van der Waals surface area contributed by atoms with E-state index in [0.717, 1.165) is 4.90 Å². The Morgan fingerprint density at radius 3 is 2.67 bits per heavy atom. The first-order chi connectivity index (χ1) is 10.0. The van der Waals surface area contributed by atoms with Crippen molar-refractivity contribution in [3.8, 4) is 0 Å². The van der Waals surface area contributed by atoms with E-state index in [9.17, 15) is 18.8 Å². The summed E-state index contributed by atoms with van der Waals surface area (Å²) in [6, 6.07) is 1.55. The second-order valence-electron chi connectivity index (χ2n) is 4.43. The Labute approximate surface area is 120 Å². The number of hydrogen-bond acceptors (Lipinski definition) is 5. The highest BCUT2D eigenvalue weighted by molar-refractivity contribution is 6.06. The van der Waals surface area contributed by atoms with Gasteiger partial charge in [-0.05, 0) is 6.07 Å². The summed E-state index contributed by atoms with van der Waals surface area (Å²) in [5, 5.41) is 9.13. The van der Waals surface area contributed by atoms with Gasteiger partial charge in [-0.3, -0.25) is 24.6 Å². The van der Waals surface area contributed by atoms with Crippen LogP contribution in [0.15, 0.2) is 12.3 Å². The van der Waals surface area contributed by atoms with Crippen LogP contribution in [-0.2, 0) is 16.1 Å². The summed E-state index contributed by atoms with van der Waals surface area (Å²) in [4.78, 5) is 35.6. The number of aromatic nitrogens is 2. The highest BCUT2D eigenvalue weighted by atomic mass is 19.1. The van der Waals surface area contributed by atoms with Crippen molar-refractivity contribution in [2.75, 3.05) is 0 Å². The van der Waals surface area contributed by atoms with E-state index in [1.807, 2.05) is 19.2 Å². The highest BCUT2D eigenvalue weighted by Gasteiger charge is 2.53. The molecule has 0 aliphatic carbocycles. The molecule has 0 spiro atoms. The minimum Gasteiger partial charge on any atom is -0.292 e. The molecule has 2 aliphatic heterocycles. The van der Waals surface area contributed by atoms with Crippen molar-refractivity contribution in [2.24, 2.45) is 0 Å². The summed E-state index contributed by atoms with van der Waals surface area (Å²) in [5.74, 6) is -4.83. The van der Waals surface area contributed by atoms with Gasteiger partial charge >= 0.3 is 0 Å². The zero-order valence-corrected chi connectivity index (χ0v) is 11.7. The van der Waals surface area contributed by atoms with Gasteiger partial charge in [0.15, 0.2) is 5.69 Å². The first-order valence-corrected chi connectivity index (χ1v) is 6.68. The molecule has 1 aromatic heterocycles. The maximum Gasteiger partial charge on any atom is 0.285 e. The van der Waals surface area contributed by atoms with Gasteiger partial charge in [-0.2, -0.15) is 5.10 Å². The van der Waals surface area contributed by atoms with E-state index >= 15 is 0 Å². The molecular formula is C13H15FN4O3. The van der Waals surface area contributed by atoms with Gasteiger partial charge in [0.25, 0.3) is 17.6 Å². The summed E-state index contributed by atoms with van der Waals surface area (Å²) < 4.78 is 14.8. The van der Waals surface area contributed by atoms with E-state index in [-0.39, 0.29) is 25.1 Å². The number of carbonyl (C=O) groups is 3. The number of hydrogen-bond donors (Lipinski definition) is 1. The molecule has 3 amide bonds. The van der Waals surface area contributed by atoms with Gasteiger partial charge in [-0.15, -0.1) is 5.10 Å². The van der Waals surface area contributed by atoms with E-state index in [1.165, 1.54) is 6.20 Å². The first kappa shape index (κ1) is 15.0. The average Bonchev–Trinajstić information content (AvgIpc) is 2.84. The molecule has 3 heterocycles. The highest BCUT2D eigenvalue weighted by Crippen LogP contribution is 2.34. The minimum atomic E-state index is -2.51. The summed E-state index contributed by atoms with van der Waals surface area (Å²) in [5.41, 5.74) is 0.561. The molecule has 0 bridgehead atoms. The Kier molecular flexibility index (Phi) is 3.97. The van der Waals surface area contributed by atoms with Crippen LogP contribution in [-0.4, -0.2) is 38.6 Å². The zero-order valence-electron chi connectivity index (χ0n) is 11.7. The third-order valence-corrected chi connectivity index (χ3v) is 3.29. The number of halogens is 1. The summed E-state index contributed by atoms with van der Waals surface area (Å²) in [7, 11) is 0. The molecular weight excluding hydrogens is 279 g/mol. The van der Waals surface area contributed by atoms with Crippen LogP contribution >= 0.6 is 0 Å². The van der Waals surface area contributed by atoms with Gasteiger partial charge in [0.2, 0.25) is 5.91 Å². The molecule has 1 aromatic rings. The average molecular weight is 294 g/mol. The number of rotatable bonds is 1. The van der Waals surface area contributed by atoms with Crippen molar-refractivity contribution < 1.29 is 18.8 Å². The van der Waals surface area contributed by atoms with Crippen LogP contribution in [0.25, 0.3) is 0 Å². The van der Waals surface area contributed by atoms with E-state index in [1.54, 1.807) is 6.07 Å². The number of carbonyl (C=O) groups excluding carboxylic acids is 3. The lowest BCUT2D eigenvalue weighted by molar-refractivity contribution is -0.154. The third-order valence-electron chi connectivity index (χ3n) is 3.29. The van der Waals surface area contributed by atoms with Crippen molar-refractivity contribution >= 4 is 17.7 Å². The van der Waals surface area contributed by atoms with Crippen molar-refractivity contribution in [3.63, 3.8) is 0 Å². The topological polar surface area (TPSA) is 92.3 Å². The zero-order chi connectivity index (χ0) is 15.6. The summed E-state index contributed by atoms with van der Waals surface area (Å²) in [6.07, 6.45) is 0.907. The van der Waals surface area contributed by atoms with E-state index in [2.05, 4.69) is 10.2 Å². The molecule has 112 valence electrons. The van der Waals surface area contributed by atoms with Crippen LogP contribution in [0.1, 0.15) is 42.7 Å². The predicted octanol–water partition coefficient (Wildman–Crippen LogP) is 0.561. The first-order valence-electron chi connectivity index (χ1n) is 6.68. The predicted molar refractivity (Wildman–Crippen MR) is 69.5 cm³/mol. The Hall–Kier alpha value is -2.38. The fourth-order valence-electron chi connectivity index (χ4n) is 2.26. The number of fused-ring (bicyclic) bond motifs is 1. The molecule has 1 fully saturated rings. The van der Waals surface area contributed by atoms with Gasteiger partial charge < -0.3 is 0 Å². The quantitative estimate of drug-likeness (QED) is 0.603. The Morgan fingerprint density at radius 2 is 2.05 bits per heavy atom. The molecule has 1 atom stereocenters. The minimum absolute atomic E-state index is 0.0456. The fraction of sp³-hybridized carbons (Fsp3) is 0.462. The van der Waals surface area contributed by atoms with Crippen LogP contribution in [0.2, 0.25) is 0 Å². The van der Waals surface area contributed by atoms with Gasteiger partial charge in [0.1, 0.15) is 0 Å². The normalized spacial score (nSPS) is 24.1. The molecule has 0 radical (unpaired) electrons. The standard InChI is InChI=1S/C11H9FN4O3.C2H6/c12-11(3-1-7(17)14-10(11)19)16-5-6-2-4-13-15-8(6)9(16)18;1-2/h2,4H,1,3,5H2,(H,14,17,19);1-2H3. The van der Waals surface area contributed by atoms with Gasteiger partial charge in [-0.1, -0.05) is 13.8 Å². The summed E-state index contributed by atoms with van der Waals surface area (Å²) in [6.45, 7) is 3.95. The molecule has 8 heteroatoms. The van der Waals surface area contributed by atoms with Crippen LogP contribution in [0.5, 0.6) is 0 Å². The Bertz CT molecular complexity index is 607. The number of alkyl halides is 1. The van der Waals surface area contributed by atoms with E-state index in [0.29, 0.717) is 5.56 Å². The molecule has 1 unspecified atom stereocenters.